The van der Waals surface area contributed by atoms with E-state index in [1.807, 2.05) is 0 Å². The van der Waals surface area contributed by atoms with Crippen molar-refractivity contribution in [2.75, 3.05) is 6.61 Å². The zero-order valence-corrected chi connectivity index (χ0v) is 41.1. The minimum atomic E-state index is -0.787. The van der Waals surface area contributed by atoms with Gasteiger partial charge in [-0.1, -0.05) is 225 Å². The molecule has 0 aromatic rings. The average molecular weight is 860 g/mol. The number of unbranched alkanes of at least 4 members (excludes halogenated alkanes) is 33. The maximum absolute atomic E-state index is 13.2. The Bertz CT molecular complexity index is 966. The van der Waals surface area contributed by atoms with E-state index in [1.165, 1.54) is 180 Å². The first-order valence-corrected chi connectivity index (χ1v) is 27.1. The molecule has 0 aromatic heterocycles. The molecule has 0 saturated carbocycles. The lowest BCUT2D eigenvalue weighted by molar-refractivity contribution is -0.151. The van der Waals surface area contributed by atoms with Crippen molar-refractivity contribution in [2.24, 2.45) is 0 Å². The molecular formula is C55H105NO5. The Labute approximate surface area is 380 Å². The Balaban J connectivity index is 4.58. The zero-order chi connectivity index (χ0) is 44.5. The summed E-state index contributed by atoms with van der Waals surface area (Å²) in [4.78, 5) is 26.2. The number of aliphatic hydroxyl groups excluding tert-OH is 2. The summed E-state index contributed by atoms with van der Waals surface area (Å²) in [5.41, 5.74) is 0. The van der Waals surface area contributed by atoms with Crippen LogP contribution in [0.4, 0.5) is 0 Å². The number of carbonyl (C=O) groups excluding carboxylic acids is 2. The molecule has 61 heavy (non-hydrogen) atoms. The van der Waals surface area contributed by atoms with Gasteiger partial charge in [-0.2, -0.15) is 0 Å². The maximum atomic E-state index is 13.2. The highest BCUT2D eigenvalue weighted by atomic mass is 16.5. The molecule has 0 aliphatic carbocycles. The number of hydrogen-bond donors (Lipinski definition) is 3. The molecule has 6 heteroatoms. The third kappa shape index (κ3) is 44.7. The standard InChI is InChI=1S/C55H105NO5/c1-4-7-10-13-16-19-22-24-26-27-28-29-32-34-37-40-43-46-51(61-55(60)48-45-42-39-36-33-30-25-23-20-17-14-11-8-5-2)49-54(59)56-52(50-57)53(58)47-44-41-38-35-31-21-18-15-12-9-6-3/h24,26,30,33,51-53,57-58H,4-23,25,27-29,31-32,34-50H2,1-3H3,(H,56,59)/b26-24+,33-30-. The van der Waals surface area contributed by atoms with Crippen LogP contribution in [-0.4, -0.2) is 46.9 Å². The molecule has 3 atom stereocenters. The quantitative estimate of drug-likeness (QED) is 0.0322. The summed E-state index contributed by atoms with van der Waals surface area (Å²) in [6.07, 6.45) is 56.7. The lowest BCUT2D eigenvalue weighted by Gasteiger charge is -2.24. The molecule has 0 rings (SSSR count). The summed E-state index contributed by atoms with van der Waals surface area (Å²) in [5.74, 6) is -0.484. The molecule has 3 unspecified atom stereocenters. The molecule has 0 aromatic carbocycles. The summed E-state index contributed by atoms with van der Waals surface area (Å²) in [7, 11) is 0. The Morgan fingerprint density at radius 3 is 1.16 bits per heavy atom. The van der Waals surface area contributed by atoms with Crippen molar-refractivity contribution >= 4 is 11.9 Å². The highest BCUT2D eigenvalue weighted by Crippen LogP contribution is 2.18. The summed E-state index contributed by atoms with van der Waals surface area (Å²) in [5, 5.41) is 23.8. The van der Waals surface area contributed by atoms with E-state index < -0.39 is 18.2 Å². The summed E-state index contributed by atoms with van der Waals surface area (Å²) < 4.78 is 5.94. The van der Waals surface area contributed by atoms with E-state index in [1.54, 1.807) is 0 Å². The number of allylic oxidation sites excluding steroid dienone is 4. The van der Waals surface area contributed by atoms with Gasteiger partial charge in [0.2, 0.25) is 5.91 Å². The molecule has 0 aliphatic rings. The van der Waals surface area contributed by atoms with E-state index in [-0.39, 0.29) is 24.9 Å². The van der Waals surface area contributed by atoms with Crippen LogP contribution in [0.5, 0.6) is 0 Å². The minimum absolute atomic E-state index is 0.0727. The van der Waals surface area contributed by atoms with Gasteiger partial charge in [0.15, 0.2) is 0 Å². The third-order valence-corrected chi connectivity index (χ3v) is 12.5. The molecule has 0 bridgehead atoms. The van der Waals surface area contributed by atoms with Crippen LogP contribution >= 0.6 is 0 Å². The molecule has 6 nitrogen and oxygen atoms in total. The van der Waals surface area contributed by atoms with Gasteiger partial charge in [-0.3, -0.25) is 9.59 Å². The van der Waals surface area contributed by atoms with Crippen LogP contribution in [-0.2, 0) is 14.3 Å². The van der Waals surface area contributed by atoms with E-state index in [0.717, 1.165) is 64.2 Å². The Morgan fingerprint density at radius 1 is 0.459 bits per heavy atom. The van der Waals surface area contributed by atoms with Gasteiger partial charge in [0, 0.05) is 6.42 Å². The Hall–Kier alpha value is -1.66. The summed E-state index contributed by atoms with van der Waals surface area (Å²) in [6, 6.07) is -0.701. The van der Waals surface area contributed by atoms with E-state index in [2.05, 4.69) is 50.4 Å². The first-order chi connectivity index (χ1) is 30.0. The van der Waals surface area contributed by atoms with Crippen LogP contribution in [0.1, 0.15) is 290 Å². The van der Waals surface area contributed by atoms with E-state index in [9.17, 15) is 19.8 Å². The van der Waals surface area contributed by atoms with Gasteiger partial charge >= 0.3 is 5.97 Å². The van der Waals surface area contributed by atoms with Crippen molar-refractivity contribution in [3.63, 3.8) is 0 Å². The van der Waals surface area contributed by atoms with Crippen LogP contribution in [0.3, 0.4) is 0 Å². The van der Waals surface area contributed by atoms with Gasteiger partial charge in [-0.25, -0.2) is 0 Å². The molecule has 0 saturated heterocycles. The van der Waals surface area contributed by atoms with E-state index in [0.29, 0.717) is 19.3 Å². The molecular weight excluding hydrogens is 755 g/mol. The van der Waals surface area contributed by atoms with Gasteiger partial charge < -0.3 is 20.3 Å². The number of hydrogen-bond acceptors (Lipinski definition) is 5. The average Bonchev–Trinajstić information content (AvgIpc) is 3.25. The number of amides is 1. The van der Waals surface area contributed by atoms with Gasteiger partial charge in [-0.05, 0) is 77.0 Å². The van der Waals surface area contributed by atoms with Crippen LogP contribution in [0, 0.1) is 0 Å². The predicted octanol–water partition coefficient (Wildman–Crippen LogP) is 16.3. The molecule has 1 amide bonds. The maximum Gasteiger partial charge on any atom is 0.306 e. The Morgan fingerprint density at radius 2 is 0.787 bits per heavy atom. The molecule has 0 heterocycles. The van der Waals surface area contributed by atoms with Gasteiger partial charge in [-0.15, -0.1) is 0 Å². The second-order valence-electron chi connectivity index (χ2n) is 18.6. The molecule has 360 valence electrons. The molecule has 0 fully saturated rings. The van der Waals surface area contributed by atoms with Gasteiger partial charge in [0.25, 0.3) is 0 Å². The predicted molar refractivity (Wildman–Crippen MR) is 264 cm³/mol. The second kappa shape index (κ2) is 49.4. The lowest BCUT2D eigenvalue weighted by Crippen LogP contribution is -2.46. The van der Waals surface area contributed by atoms with Crippen molar-refractivity contribution in [1.82, 2.24) is 5.32 Å². The topological polar surface area (TPSA) is 95.9 Å². The number of aliphatic hydroxyl groups is 2. The van der Waals surface area contributed by atoms with Crippen LogP contribution in [0.25, 0.3) is 0 Å². The molecule has 3 N–H and O–H groups in total. The molecule has 0 spiro atoms. The molecule has 0 radical (unpaired) electrons. The fraction of sp³-hybridized carbons (Fsp3) is 0.891. The van der Waals surface area contributed by atoms with Crippen LogP contribution in [0.2, 0.25) is 0 Å². The number of carbonyl (C=O) groups is 2. The van der Waals surface area contributed by atoms with Crippen molar-refractivity contribution < 1.29 is 24.5 Å². The fourth-order valence-electron chi connectivity index (χ4n) is 8.36. The van der Waals surface area contributed by atoms with Gasteiger partial charge in [0.05, 0.1) is 25.2 Å². The monoisotopic (exact) mass is 860 g/mol. The van der Waals surface area contributed by atoms with E-state index >= 15 is 0 Å². The van der Waals surface area contributed by atoms with Crippen molar-refractivity contribution in [2.45, 2.75) is 309 Å². The zero-order valence-electron chi connectivity index (χ0n) is 41.1. The lowest BCUT2D eigenvalue weighted by atomic mass is 10.0. The minimum Gasteiger partial charge on any atom is -0.462 e. The third-order valence-electron chi connectivity index (χ3n) is 12.5. The highest BCUT2D eigenvalue weighted by molar-refractivity contribution is 5.77. The second-order valence-corrected chi connectivity index (χ2v) is 18.6. The fourth-order valence-corrected chi connectivity index (χ4v) is 8.36. The van der Waals surface area contributed by atoms with Crippen molar-refractivity contribution in [3.05, 3.63) is 24.3 Å². The first-order valence-electron chi connectivity index (χ1n) is 27.1. The van der Waals surface area contributed by atoms with E-state index in [4.69, 9.17) is 4.74 Å². The molecule has 0 aliphatic heterocycles. The first kappa shape index (κ1) is 59.3. The van der Waals surface area contributed by atoms with Crippen molar-refractivity contribution in [1.29, 1.82) is 0 Å². The summed E-state index contributed by atoms with van der Waals surface area (Å²) in [6.45, 7) is 6.49. The number of nitrogens with one attached hydrogen (secondary N) is 1. The van der Waals surface area contributed by atoms with Crippen molar-refractivity contribution in [3.8, 4) is 0 Å². The normalized spacial score (nSPS) is 13.3. The highest BCUT2D eigenvalue weighted by Gasteiger charge is 2.24. The number of rotatable bonds is 49. The Kier molecular flexibility index (Phi) is 48.0. The smallest absolute Gasteiger partial charge is 0.306 e. The SMILES string of the molecule is CCCCCCCC/C=C/CCCCCCCCCC(CC(=O)NC(CO)C(O)CCCCCCCCCCCCC)OC(=O)CCCCC/C=C\CCCCCCCCC. The largest absolute Gasteiger partial charge is 0.462 e. The van der Waals surface area contributed by atoms with Gasteiger partial charge in [0.1, 0.15) is 6.10 Å². The van der Waals surface area contributed by atoms with Crippen LogP contribution in [0.15, 0.2) is 24.3 Å². The van der Waals surface area contributed by atoms with Crippen LogP contribution < -0.4 is 5.32 Å². The number of ether oxygens (including phenoxy) is 1. The number of esters is 1. The summed E-state index contributed by atoms with van der Waals surface area (Å²) >= 11 is 0.